The Morgan fingerprint density at radius 2 is 1.90 bits per heavy atom. The monoisotopic (exact) mass is 429 g/mol. The molecule has 2 amide bonds. The lowest BCUT2D eigenvalue weighted by Crippen LogP contribution is -2.42. The Labute approximate surface area is 181 Å². The molecule has 1 aliphatic rings. The van der Waals surface area contributed by atoms with Gasteiger partial charge in [0.15, 0.2) is 0 Å². The van der Waals surface area contributed by atoms with Crippen LogP contribution in [-0.4, -0.2) is 54.9 Å². The minimum atomic E-state index is -0.123. The standard InChI is InChI=1S/C22H27N3O2S2/c1-16-12-13-25(18-9-5-7-11-20(18)29-16)22(27)15-24(2)14-21(26)23-17-8-4-6-10-19(17)28-3/h4-11,16H,12-15H2,1-3H3,(H,23,26). The SMILES string of the molecule is CSc1ccccc1NC(=O)CN(C)CC(=O)N1CCC(C)Sc2ccccc21. The van der Waals surface area contributed by atoms with Gasteiger partial charge in [0, 0.05) is 21.6 Å². The van der Waals surface area contributed by atoms with Crippen LogP contribution in [0.3, 0.4) is 0 Å². The van der Waals surface area contributed by atoms with E-state index in [1.807, 2.05) is 65.4 Å². The van der Waals surface area contributed by atoms with Crippen molar-refractivity contribution in [3.63, 3.8) is 0 Å². The number of nitrogens with zero attached hydrogens (tertiary/aromatic N) is 2. The number of hydrogen-bond acceptors (Lipinski definition) is 5. The van der Waals surface area contributed by atoms with Crippen molar-refractivity contribution in [3.05, 3.63) is 48.5 Å². The van der Waals surface area contributed by atoms with Gasteiger partial charge in [0.2, 0.25) is 11.8 Å². The zero-order valence-electron chi connectivity index (χ0n) is 17.1. The molecule has 2 aromatic rings. The van der Waals surface area contributed by atoms with Crippen LogP contribution in [0.15, 0.2) is 58.3 Å². The Morgan fingerprint density at radius 1 is 1.17 bits per heavy atom. The van der Waals surface area contributed by atoms with Crippen LogP contribution in [0.2, 0.25) is 0 Å². The summed E-state index contributed by atoms with van der Waals surface area (Å²) in [6.45, 7) is 3.25. The van der Waals surface area contributed by atoms with Gasteiger partial charge in [0.25, 0.3) is 0 Å². The van der Waals surface area contributed by atoms with Crippen molar-refractivity contribution in [3.8, 4) is 0 Å². The van der Waals surface area contributed by atoms with Crippen LogP contribution < -0.4 is 10.2 Å². The Hall–Kier alpha value is -1.96. The number of nitrogens with one attached hydrogen (secondary N) is 1. The predicted molar refractivity (Wildman–Crippen MR) is 123 cm³/mol. The summed E-state index contributed by atoms with van der Waals surface area (Å²) < 4.78 is 0. The maximum Gasteiger partial charge on any atom is 0.241 e. The van der Waals surface area contributed by atoms with Crippen molar-refractivity contribution >= 4 is 46.7 Å². The van der Waals surface area contributed by atoms with Crippen LogP contribution >= 0.6 is 23.5 Å². The maximum absolute atomic E-state index is 13.0. The molecule has 0 fully saturated rings. The normalized spacial score (nSPS) is 16.3. The van der Waals surface area contributed by atoms with Crippen LogP contribution in [0.5, 0.6) is 0 Å². The number of likely N-dealkylation sites (N-methyl/N-ethyl adjacent to an activating group) is 1. The summed E-state index contributed by atoms with van der Waals surface area (Å²) in [4.78, 5) is 31.3. The Morgan fingerprint density at radius 3 is 2.69 bits per heavy atom. The fourth-order valence-electron chi connectivity index (χ4n) is 3.30. The van der Waals surface area contributed by atoms with E-state index < -0.39 is 0 Å². The van der Waals surface area contributed by atoms with E-state index in [1.165, 1.54) is 0 Å². The molecule has 1 atom stereocenters. The van der Waals surface area contributed by atoms with Crippen molar-refractivity contribution in [1.82, 2.24) is 4.90 Å². The third-order valence-electron chi connectivity index (χ3n) is 4.74. The second kappa shape index (κ2) is 10.2. The average Bonchev–Trinajstić information content (AvgIpc) is 2.86. The summed E-state index contributed by atoms with van der Waals surface area (Å²) in [6, 6.07) is 15.8. The first-order valence-electron chi connectivity index (χ1n) is 9.65. The molecular weight excluding hydrogens is 402 g/mol. The summed E-state index contributed by atoms with van der Waals surface area (Å²) in [6.07, 6.45) is 2.93. The van der Waals surface area contributed by atoms with Crippen molar-refractivity contribution in [1.29, 1.82) is 0 Å². The number of carbonyl (C=O) groups excluding carboxylic acids is 2. The molecule has 1 heterocycles. The van der Waals surface area contributed by atoms with Gasteiger partial charge in [0.1, 0.15) is 0 Å². The van der Waals surface area contributed by atoms with Crippen molar-refractivity contribution in [2.24, 2.45) is 0 Å². The molecule has 154 valence electrons. The van der Waals surface area contributed by atoms with Gasteiger partial charge in [-0.05, 0) is 44.0 Å². The lowest BCUT2D eigenvalue weighted by atomic mass is 10.2. The molecule has 0 saturated carbocycles. The number of para-hydroxylation sites is 2. The van der Waals surface area contributed by atoms with Crippen LogP contribution in [-0.2, 0) is 9.59 Å². The van der Waals surface area contributed by atoms with Crippen molar-refractivity contribution < 1.29 is 9.59 Å². The molecule has 0 saturated heterocycles. The fraction of sp³-hybridized carbons (Fsp3) is 0.364. The summed E-state index contributed by atoms with van der Waals surface area (Å²) in [7, 11) is 1.80. The first-order chi connectivity index (χ1) is 14.0. The molecule has 2 aromatic carbocycles. The molecule has 3 rings (SSSR count). The molecule has 7 heteroatoms. The van der Waals surface area contributed by atoms with Gasteiger partial charge in [-0.3, -0.25) is 14.5 Å². The zero-order valence-corrected chi connectivity index (χ0v) is 18.7. The lowest BCUT2D eigenvalue weighted by Gasteiger charge is -2.25. The molecule has 0 radical (unpaired) electrons. The second-order valence-electron chi connectivity index (χ2n) is 7.15. The third kappa shape index (κ3) is 5.78. The van der Waals surface area contributed by atoms with Gasteiger partial charge in [-0.15, -0.1) is 23.5 Å². The predicted octanol–water partition coefficient (Wildman–Crippen LogP) is 4.20. The van der Waals surface area contributed by atoms with Crippen LogP contribution in [0.25, 0.3) is 0 Å². The van der Waals surface area contributed by atoms with E-state index in [2.05, 4.69) is 18.3 Å². The van der Waals surface area contributed by atoms with Crippen molar-refractivity contribution in [2.45, 2.75) is 28.4 Å². The van der Waals surface area contributed by atoms with Gasteiger partial charge < -0.3 is 10.2 Å². The van der Waals surface area contributed by atoms with E-state index in [9.17, 15) is 9.59 Å². The van der Waals surface area contributed by atoms with Gasteiger partial charge in [0.05, 0.1) is 24.5 Å². The van der Waals surface area contributed by atoms with E-state index in [0.29, 0.717) is 11.8 Å². The summed E-state index contributed by atoms with van der Waals surface area (Å²) in [5.74, 6) is -0.103. The first-order valence-corrected chi connectivity index (χ1v) is 11.8. The number of hydrogen-bond donors (Lipinski definition) is 1. The molecule has 0 aliphatic carbocycles. The largest absolute Gasteiger partial charge is 0.324 e. The minimum absolute atomic E-state index is 0.0203. The quantitative estimate of drug-likeness (QED) is 0.698. The van der Waals surface area contributed by atoms with E-state index in [-0.39, 0.29) is 24.9 Å². The molecule has 1 N–H and O–H groups in total. The van der Waals surface area contributed by atoms with Gasteiger partial charge >= 0.3 is 0 Å². The third-order valence-corrected chi connectivity index (χ3v) is 6.78. The van der Waals surface area contributed by atoms with Crippen LogP contribution in [0.1, 0.15) is 13.3 Å². The van der Waals surface area contributed by atoms with E-state index in [4.69, 9.17) is 0 Å². The molecule has 0 aromatic heterocycles. The lowest BCUT2D eigenvalue weighted by molar-refractivity contribution is -0.121. The highest BCUT2D eigenvalue weighted by molar-refractivity contribution is 8.00. The Kier molecular flexibility index (Phi) is 7.64. The number of amides is 2. The second-order valence-corrected chi connectivity index (χ2v) is 9.48. The Balaban J connectivity index is 1.61. The summed E-state index contributed by atoms with van der Waals surface area (Å²) in [5, 5.41) is 3.41. The number of carbonyl (C=O) groups is 2. The highest BCUT2D eigenvalue weighted by Crippen LogP contribution is 2.37. The van der Waals surface area contributed by atoms with Gasteiger partial charge in [-0.1, -0.05) is 31.2 Å². The van der Waals surface area contributed by atoms with Crippen molar-refractivity contribution in [2.75, 3.05) is 43.2 Å². The van der Waals surface area contributed by atoms with Gasteiger partial charge in [-0.2, -0.15) is 0 Å². The van der Waals surface area contributed by atoms with E-state index >= 15 is 0 Å². The number of fused-ring (bicyclic) bond motifs is 1. The highest BCUT2D eigenvalue weighted by atomic mass is 32.2. The molecule has 0 bridgehead atoms. The van der Waals surface area contributed by atoms with Crippen LogP contribution in [0.4, 0.5) is 11.4 Å². The molecule has 29 heavy (non-hydrogen) atoms. The summed E-state index contributed by atoms with van der Waals surface area (Å²) in [5.41, 5.74) is 1.77. The van der Waals surface area contributed by atoms with Gasteiger partial charge in [-0.25, -0.2) is 0 Å². The summed E-state index contributed by atoms with van der Waals surface area (Å²) >= 11 is 3.40. The zero-order chi connectivity index (χ0) is 20.8. The topological polar surface area (TPSA) is 52.7 Å². The Bertz CT molecular complexity index is 875. The average molecular weight is 430 g/mol. The number of anilines is 2. The fourth-order valence-corrected chi connectivity index (χ4v) is 4.97. The molecule has 5 nitrogen and oxygen atoms in total. The van der Waals surface area contributed by atoms with E-state index in [0.717, 1.165) is 27.6 Å². The maximum atomic E-state index is 13.0. The molecular formula is C22H27N3O2S2. The highest BCUT2D eigenvalue weighted by Gasteiger charge is 2.25. The van der Waals surface area contributed by atoms with E-state index in [1.54, 1.807) is 23.7 Å². The number of benzene rings is 2. The number of thioether (sulfide) groups is 2. The first kappa shape index (κ1) is 21.7. The molecule has 1 aliphatic heterocycles. The van der Waals surface area contributed by atoms with Crippen LogP contribution in [0, 0.1) is 0 Å². The molecule has 0 spiro atoms. The molecule has 1 unspecified atom stereocenters. The number of rotatable bonds is 6. The minimum Gasteiger partial charge on any atom is -0.324 e. The smallest absolute Gasteiger partial charge is 0.241 e.